The lowest BCUT2D eigenvalue weighted by molar-refractivity contribution is -0.403. The van der Waals surface area contributed by atoms with Crippen molar-refractivity contribution >= 4 is 22.9 Å². The fraction of sp³-hybridized carbons (Fsp3) is 0.286. The molecule has 0 aromatic carbocycles. The van der Waals surface area contributed by atoms with E-state index in [1.807, 2.05) is 0 Å². The number of hydrazine groups is 1. The molecule has 0 saturated heterocycles. The first kappa shape index (κ1) is 11.9. The molecule has 82 valence electrons. The molecule has 0 saturated carbocycles. The van der Waals surface area contributed by atoms with E-state index in [2.05, 4.69) is 10.4 Å². The van der Waals surface area contributed by atoms with Gasteiger partial charge < -0.3 is 5.01 Å². The van der Waals surface area contributed by atoms with E-state index in [-0.39, 0.29) is 0 Å². The average Bonchev–Trinajstić information content (AvgIpc) is 2.58. The smallest absolute Gasteiger partial charge is 0.251 e. The second kappa shape index (κ2) is 5.64. The van der Waals surface area contributed by atoms with Crippen molar-refractivity contribution < 1.29 is 4.92 Å². The Morgan fingerprint density at radius 1 is 1.87 bits per heavy atom. The van der Waals surface area contributed by atoms with E-state index < -0.39 is 4.92 Å². The fourth-order valence-electron chi connectivity index (χ4n) is 0.775. The van der Waals surface area contributed by atoms with E-state index in [4.69, 9.17) is 11.6 Å². The normalized spacial score (nSPS) is 10.8. The summed E-state index contributed by atoms with van der Waals surface area (Å²) in [5.41, 5.74) is 2.92. The summed E-state index contributed by atoms with van der Waals surface area (Å²) in [5, 5.41) is 11.5. The second-order valence-electron chi connectivity index (χ2n) is 2.61. The lowest BCUT2D eigenvalue weighted by Crippen LogP contribution is -2.28. The number of hydrogen-bond donors (Lipinski definition) is 1. The quantitative estimate of drug-likeness (QED) is 0.631. The highest BCUT2D eigenvalue weighted by atomic mass is 35.5. The highest BCUT2D eigenvalue weighted by Crippen LogP contribution is 2.17. The van der Waals surface area contributed by atoms with Crippen LogP contribution in [0, 0.1) is 10.1 Å². The molecular weight excluding hydrogens is 240 g/mol. The molecule has 0 amide bonds. The van der Waals surface area contributed by atoms with Crippen LogP contribution in [-0.2, 0) is 6.54 Å². The largest absolute Gasteiger partial charge is 0.312 e. The van der Waals surface area contributed by atoms with E-state index in [1.165, 1.54) is 22.5 Å². The number of aromatic nitrogens is 1. The Kier molecular flexibility index (Phi) is 4.47. The van der Waals surface area contributed by atoms with Crippen molar-refractivity contribution in [1.29, 1.82) is 0 Å². The zero-order valence-corrected chi connectivity index (χ0v) is 9.46. The SMILES string of the molecule is CN(C=C[N+](=O)[O-])NCc1cnc(Cl)s1. The summed E-state index contributed by atoms with van der Waals surface area (Å²) in [6, 6.07) is 0. The van der Waals surface area contributed by atoms with Crippen LogP contribution in [0.15, 0.2) is 18.6 Å². The molecule has 0 atom stereocenters. The number of halogens is 1. The van der Waals surface area contributed by atoms with Crippen molar-refractivity contribution in [2.45, 2.75) is 6.54 Å². The highest BCUT2D eigenvalue weighted by Gasteiger charge is 1.99. The predicted molar refractivity (Wildman–Crippen MR) is 57.9 cm³/mol. The van der Waals surface area contributed by atoms with Crippen molar-refractivity contribution in [2.75, 3.05) is 7.05 Å². The van der Waals surface area contributed by atoms with Crippen LogP contribution in [0.2, 0.25) is 4.47 Å². The lowest BCUT2D eigenvalue weighted by Gasteiger charge is -2.12. The Balaban J connectivity index is 2.34. The van der Waals surface area contributed by atoms with Gasteiger partial charge in [-0.3, -0.25) is 10.1 Å². The first-order valence-electron chi connectivity index (χ1n) is 3.96. The Bertz CT molecular complexity index is 368. The molecule has 0 radical (unpaired) electrons. The maximum atomic E-state index is 10.0. The lowest BCUT2D eigenvalue weighted by atomic mass is 10.6. The Morgan fingerprint density at radius 2 is 2.60 bits per heavy atom. The zero-order chi connectivity index (χ0) is 11.3. The number of thiazole rings is 1. The van der Waals surface area contributed by atoms with Gasteiger partial charge in [-0.2, -0.15) is 0 Å². The minimum Gasteiger partial charge on any atom is -0.312 e. The van der Waals surface area contributed by atoms with Crippen molar-refractivity contribution in [3.05, 3.63) is 38.1 Å². The summed E-state index contributed by atoms with van der Waals surface area (Å²) in [6.07, 6.45) is 3.83. The van der Waals surface area contributed by atoms with Gasteiger partial charge in [0.1, 0.15) is 0 Å². The molecule has 1 N–H and O–H groups in total. The van der Waals surface area contributed by atoms with Crippen LogP contribution in [0.25, 0.3) is 0 Å². The third-order valence-corrected chi connectivity index (χ3v) is 2.55. The van der Waals surface area contributed by atoms with Gasteiger partial charge in [-0.1, -0.05) is 11.6 Å². The maximum Gasteiger partial charge on any atom is 0.251 e. The summed E-state index contributed by atoms with van der Waals surface area (Å²) >= 11 is 7.00. The molecule has 0 bridgehead atoms. The molecule has 0 aliphatic heterocycles. The summed E-state index contributed by atoms with van der Waals surface area (Å²) in [5.74, 6) is 0. The number of rotatable bonds is 5. The van der Waals surface area contributed by atoms with Crippen LogP contribution in [0.1, 0.15) is 4.88 Å². The van der Waals surface area contributed by atoms with Crippen LogP contribution >= 0.6 is 22.9 Å². The van der Waals surface area contributed by atoms with Gasteiger partial charge in [0, 0.05) is 18.1 Å². The predicted octanol–water partition coefficient (Wildman–Crippen LogP) is 1.48. The Morgan fingerprint density at radius 3 is 3.13 bits per heavy atom. The summed E-state index contributed by atoms with van der Waals surface area (Å²) in [7, 11) is 1.67. The van der Waals surface area contributed by atoms with Gasteiger partial charge in [0.05, 0.1) is 17.7 Å². The number of nitrogens with one attached hydrogen (secondary N) is 1. The van der Waals surface area contributed by atoms with E-state index in [0.29, 0.717) is 11.0 Å². The van der Waals surface area contributed by atoms with E-state index in [1.54, 1.807) is 13.2 Å². The molecule has 1 aromatic rings. The van der Waals surface area contributed by atoms with Crippen molar-refractivity contribution in [2.24, 2.45) is 0 Å². The third kappa shape index (κ3) is 4.73. The molecule has 1 rings (SSSR count). The standard InChI is InChI=1S/C7H9ClN4O2S/c1-11(2-3-12(13)14)10-5-6-4-9-7(8)15-6/h2-4,10H,5H2,1H3. The topological polar surface area (TPSA) is 71.3 Å². The number of nitrogens with zero attached hydrogens (tertiary/aromatic N) is 3. The molecule has 0 unspecified atom stereocenters. The molecule has 0 aliphatic carbocycles. The first-order chi connectivity index (χ1) is 7.08. The van der Waals surface area contributed by atoms with E-state index >= 15 is 0 Å². The van der Waals surface area contributed by atoms with E-state index in [0.717, 1.165) is 11.1 Å². The van der Waals surface area contributed by atoms with Gasteiger partial charge in [0.25, 0.3) is 6.20 Å². The van der Waals surface area contributed by atoms with Crippen LogP contribution in [0.5, 0.6) is 0 Å². The zero-order valence-electron chi connectivity index (χ0n) is 7.88. The minimum atomic E-state index is -0.526. The number of hydrogen-bond acceptors (Lipinski definition) is 6. The highest BCUT2D eigenvalue weighted by molar-refractivity contribution is 7.15. The maximum absolute atomic E-state index is 10.0. The van der Waals surface area contributed by atoms with Crippen LogP contribution in [0.3, 0.4) is 0 Å². The van der Waals surface area contributed by atoms with Crippen molar-refractivity contribution in [1.82, 2.24) is 15.4 Å². The molecule has 6 nitrogen and oxygen atoms in total. The minimum absolute atomic E-state index is 0.482. The summed E-state index contributed by atoms with van der Waals surface area (Å²) in [4.78, 5) is 14.3. The first-order valence-corrected chi connectivity index (χ1v) is 5.15. The third-order valence-electron chi connectivity index (χ3n) is 1.44. The molecule has 8 heteroatoms. The van der Waals surface area contributed by atoms with Gasteiger partial charge >= 0.3 is 0 Å². The molecule has 0 fully saturated rings. The van der Waals surface area contributed by atoms with E-state index in [9.17, 15) is 10.1 Å². The molecule has 15 heavy (non-hydrogen) atoms. The van der Waals surface area contributed by atoms with Gasteiger partial charge in [0.15, 0.2) is 4.47 Å². The Labute approximate surface area is 95.3 Å². The van der Waals surface area contributed by atoms with Gasteiger partial charge in [-0.15, -0.1) is 11.3 Å². The van der Waals surface area contributed by atoms with Crippen molar-refractivity contribution in [3.63, 3.8) is 0 Å². The van der Waals surface area contributed by atoms with Gasteiger partial charge in [-0.25, -0.2) is 10.4 Å². The van der Waals surface area contributed by atoms with Gasteiger partial charge in [-0.05, 0) is 0 Å². The molecular formula is C7H9ClN4O2S. The summed E-state index contributed by atoms with van der Waals surface area (Å²) < 4.78 is 0.482. The number of nitro groups is 1. The van der Waals surface area contributed by atoms with Crippen LogP contribution < -0.4 is 5.43 Å². The van der Waals surface area contributed by atoms with Gasteiger partial charge in [0.2, 0.25) is 0 Å². The fourth-order valence-corrected chi connectivity index (χ4v) is 1.69. The average molecular weight is 249 g/mol. The second-order valence-corrected chi connectivity index (χ2v) is 4.31. The van der Waals surface area contributed by atoms with Crippen molar-refractivity contribution in [3.8, 4) is 0 Å². The molecule has 1 heterocycles. The van der Waals surface area contributed by atoms with Crippen LogP contribution in [0.4, 0.5) is 0 Å². The van der Waals surface area contributed by atoms with Crippen LogP contribution in [-0.4, -0.2) is 22.0 Å². The molecule has 0 spiro atoms. The monoisotopic (exact) mass is 248 g/mol. The molecule has 1 aromatic heterocycles. The summed E-state index contributed by atoms with van der Waals surface area (Å²) in [6.45, 7) is 0.531. The molecule has 0 aliphatic rings. The Hall–Kier alpha value is -1.18.